The van der Waals surface area contributed by atoms with Crippen molar-refractivity contribution in [3.05, 3.63) is 107 Å². The molecule has 0 saturated carbocycles. The SMILES string of the molecule is NC(=S)N/N=C(\c1ccccc1)c1ccc(/C(=N/NC(N)=S)c2ccccc2)cc1. The molecule has 8 heteroatoms. The summed E-state index contributed by atoms with van der Waals surface area (Å²) in [5.74, 6) is 0. The van der Waals surface area contributed by atoms with E-state index in [0.717, 1.165) is 33.7 Å². The maximum Gasteiger partial charge on any atom is 0.184 e. The average Bonchev–Trinajstić information content (AvgIpc) is 2.76. The first-order chi connectivity index (χ1) is 14.5. The molecule has 0 amide bonds. The first kappa shape index (κ1) is 21.1. The zero-order valence-corrected chi connectivity index (χ0v) is 17.6. The fraction of sp³-hybridized carbons (Fsp3) is 0. The quantitative estimate of drug-likeness (QED) is 0.271. The van der Waals surface area contributed by atoms with E-state index in [1.165, 1.54) is 0 Å². The topological polar surface area (TPSA) is 101 Å². The number of nitrogens with zero attached hydrogens (tertiary/aromatic N) is 2. The number of hydrogen-bond donors (Lipinski definition) is 4. The molecule has 0 fully saturated rings. The van der Waals surface area contributed by atoms with Crippen LogP contribution in [0.25, 0.3) is 0 Å². The molecule has 6 nitrogen and oxygen atoms in total. The summed E-state index contributed by atoms with van der Waals surface area (Å²) in [6.45, 7) is 0. The average molecular weight is 433 g/mol. The van der Waals surface area contributed by atoms with Gasteiger partial charge in [-0.2, -0.15) is 10.2 Å². The number of hydrogen-bond acceptors (Lipinski definition) is 4. The molecule has 0 radical (unpaired) electrons. The van der Waals surface area contributed by atoms with Crippen LogP contribution in [-0.4, -0.2) is 21.6 Å². The molecule has 3 rings (SSSR count). The van der Waals surface area contributed by atoms with Gasteiger partial charge in [0.1, 0.15) is 0 Å². The highest BCUT2D eigenvalue weighted by Gasteiger charge is 2.11. The highest BCUT2D eigenvalue weighted by Crippen LogP contribution is 2.15. The highest BCUT2D eigenvalue weighted by atomic mass is 32.1. The Labute approximate surface area is 185 Å². The van der Waals surface area contributed by atoms with Gasteiger partial charge >= 0.3 is 0 Å². The predicted molar refractivity (Wildman–Crippen MR) is 130 cm³/mol. The van der Waals surface area contributed by atoms with Crippen molar-refractivity contribution in [1.82, 2.24) is 10.9 Å². The molecule has 150 valence electrons. The van der Waals surface area contributed by atoms with Crippen LogP contribution in [0.1, 0.15) is 22.3 Å². The van der Waals surface area contributed by atoms with Crippen molar-refractivity contribution in [3.8, 4) is 0 Å². The lowest BCUT2D eigenvalue weighted by atomic mass is 9.97. The molecule has 30 heavy (non-hydrogen) atoms. The molecular formula is C22H20N6S2. The van der Waals surface area contributed by atoms with Crippen LogP contribution in [0.2, 0.25) is 0 Å². The summed E-state index contributed by atoms with van der Waals surface area (Å²) in [5, 5.41) is 8.96. The van der Waals surface area contributed by atoms with Crippen LogP contribution >= 0.6 is 24.4 Å². The van der Waals surface area contributed by atoms with Crippen LogP contribution in [0.15, 0.2) is 95.1 Å². The minimum Gasteiger partial charge on any atom is -0.375 e. The molecule has 0 atom stereocenters. The molecule has 6 N–H and O–H groups in total. The molecule has 3 aromatic rings. The standard InChI is InChI=1S/C22H20N6S2/c23-21(29)27-25-19(15-7-3-1-4-8-15)17-11-13-18(14-12-17)20(26-28-22(24)30)16-9-5-2-6-10-16/h1-14H,(H3,23,27,29)(H3,24,28,30)/b25-19+,26-20+. The molecule has 0 aliphatic rings. The summed E-state index contributed by atoms with van der Waals surface area (Å²) in [6.07, 6.45) is 0. The van der Waals surface area contributed by atoms with E-state index < -0.39 is 0 Å². The minimum atomic E-state index is 0.0994. The second-order valence-electron chi connectivity index (χ2n) is 6.18. The Morgan fingerprint density at radius 3 is 1.13 bits per heavy atom. The molecule has 0 saturated heterocycles. The minimum absolute atomic E-state index is 0.0994. The van der Waals surface area contributed by atoms with Crippen LogP contribution in [0.5, 0.6) is 0 Å². The van der Waals surface area contributed by atoms with E-state index >= 15 is 0 Å². The van der Waals surface area contributed by atoms with Gasteiger partial charge in [0, 0.05) is 22.3 Å². The van der Waals surface area contributed by atoms with E-state index in [9.17, 15) is 0 Å². The van der Waals surface area contributed by atoms with E-state index in [1.807, 2.05) is 84.9 Å². The van der Waals surface area contributed by atoms with Gasteiger partial charge in [0.15, 0.2) is 10.2 Å². The molecule has 0 aliphatic heterocycles. The van der Waals surface area contributed by atoms with E-state index in [1.54, 1.807) is 0 Å². The van der Waals surface area contributed by atoms with Crippen molar-refractivity contribution in [3.63, 3.8) is 0 Å². The van der Waals surface area contributed by atoms with Crippen molar-refractivity contribution in [2.24, 2.45) is 21.7 Å². The van der Waals surface area contributed by atoms with Crippen molar-refractivity contribution in [2.45, 2.75) is 0 Å². The summed E-state index contributed by atoms with van der Waals surface area (Å²) in [7, 11) is 0. The summed E-state index contributed by atoms with van der Waals surface area (Å²) in [5.41, 5.74) is 21.5. The van der Waals surface area contributed by atoms with Crippen molar-refractivity contribution in [2.75, 3.05) is 0 Å². The largest absolute Gasteiger partial charge is 0.375 e. The van der Waals surface area contributed by atoms with Crippen LogP contribution in [0.4, 0.5) is 0 Å². The third kappa shape index (κ3) is 5.69. The highest BCUT2D eigenvalue weighted by molar-refractivity contribution is 7.80. The molecule has 0 unspecified atom stereocenters. The van der Waals surface area contributed by atoms with Gasteiger partial charge in [-0.15, -0.1) is 0 Å². The Kier molecular flexibility index (Phi) is 7.20. The maximum absolute atomic E-state index is 5.55. The Bertz CT molecular complexity index is 989. The lowest BCUT2D eigenvalue weighted by Gasteiger charge is -2.11. The van der Waals surface area contributed by atoms with Gasteiger partial charge in [-0.3, -0.25) is 10.9 Å². The first-order valence-electron chi connectivity index (χ1n) is 9.02. The van der Waals surface area contributed by atoms with Gasteiger partial charge in [-0.05, 0) is 24.4 Å². The van der Waals surface area contributed by atoms with E-state index in [4.69, 9.17) is 35.9 Å². The first-order valence-corrected chi connectivity index (χ1v) is 9.84. The molecular weight excluding hydrogens is 412 g/mol. The second kappa shape index (κ2) is 10.2. The van der Waals surface area contributed by atoms with Crippen molar-refractivity contribution in [1.29, 1.82) is 0 Å². The third-order valence-electron chi connectivity index (χ3n) is 4.08. The van der Waals surface area contributed by atoms with Gasteiger partial charge in [0.25, 0.3) is 0 Å². The maximum atomic E-state index is 5.55. The number of nitrogens with two attached hydrogens (primary N) is 2. The molecule has 0 bridgehead atoms. The number of hydrazone groups is 2. The number of thiocarbonyl (C=S) groups is 2. The summed E-state index contributed by atoms with van der Waals surface area (Å²) >= 11 is 9.78. The van der Waals surface area contributed by atoms with E-state index in [-0.39, 0.29) is 10.2 Å². The summed E-state index contributed by atoms with van der Waals surface area (Å²) in [4.78, 5) is 0. The Morgan fingerprint density at radius 2 is 0.833 bits per heavy atom. The monoisotopic (exact) mass is 432 g/mol. The Hall–Kier alpha value is -3.62. The van der Waals surface area contributed by atoms with Crippen LogP contribution < -0.4 is 22.3 Å². The summed E-state index contributed by atoms with van der Waals surface area (Å²) < 4.78 is 0. The van der Waals surface area contributed by atoms with Crippen LogP contribution in [-0.2, 0) is 0 Å². The Balaban J connectivity index is 1.99. The fourth-order valence-corrected chi connectivity index (χ4v) is 2.88. The number of rotatable bonds is 6. The van der Waals surface area contributed by atoms with Gasteiger partial charge in [-0.1, -0.05) is 84.9 Å². The normalized spacial score (nSPS) is 11.6. The fourth-order valence-electron chi connectivity index (χ4n) is 2.79. The second-order valence-corrected chi connectivity index (χ2v) is 7.06. The van der Waals surface area contributed by atoms with Crippen molar-refractivity contribution < 1.29 is 0 Å². The number of nitrogens with one attached hydrogen (secondary N) is 2. The molecule has 3 aromatic carbocycles. The van der Waals surface area contributed by atoms with Gasteiger partial charge < -0.3 is 11.5 Å². The smallest absolute Gasteiger partial charge is 0.184 e. The Morgan fingerprint density at radius 1 is 0.533 bits per heavy atom. The molecule has 0 spiro atoms. The summed E-state index contributed by atoms with van der Waals surface area (Å²) in [6, 6.07) is 27.4. The van der Waals surface area contributed by atoms with Crippen LogP contribution in [0, 0.1) is 0 Å². The zero-order valence-electron chi connectivity index (χ0n) is 15.9. The third-order valence-corrected chi connectivity index (χ3v) is 4.26. The lowest BCUT2D eigenvalue weighted by molar-refractivity contribution is 1.03. The van der Waals surface area contributed by atoms with Crippen LogP contribution in [0.3, 0.4) is 0 Å². The number of benzene rings is 3. The van der Waals surface area contributed by atoms with E-state index in [0.29, 0.717) is 0 Å². The van der Waals surface area contributed by atoms with Crippen molar-refractivity contribution >= 4 is 46.1 Å². The van der Waals surface area contributed by atoms with Gasteiger partial charge in [0.05, 0.1) is 11.4 Å². The zero-order chi connectivity index (χ0) is 21.3. The van der Waals surface area contributed by atoms with Gasteiger partial charge in [-0.25, -0.2) is 0 Å². The molecule has 0 aromatic heterocycles. The van der Waals surface area contributed by atoms with Gasteiger partial charge in [0.2, 0.25) is 0 Å². The molecule has 0 aliphatic carbocycles. The van der Waals surface area contributed by atoms with E-state index in [2.05, 4.69) is 21.1 Å². The predicted octanol–water partition coefficient (Wildman–Crippen LogP) is 2.86. The lowest BCUT2D eigenvalue weighted by Crippen LogP contribution is -2.26. The molecule has 0 heterocycles.